The highest BCUT2D eigenvalue weighted by atomic mass is 35.5. The molecule has 0 spiro atoms. The van der Waals surface area contributed by atoms with Crippen LogP contribution in [0.25, 0.3) is 11.2 Å². The highest BCUT2D eigenvalue weighted by Crippen LogP contribution is 2.35. The van der Waals surface area contributed by atoms with Crippen LogP contribution in [0, 0.1) is 12.8 Å². The predicted molar refractivity (Wildman–Crippen MR) is 118 cm³/mol. The zero-order valence-electron chi connectivity index (χ0n) is 17.9. The Kier molecular flexibility index (Phi) is 5.87. The van der Waals surface area contributed by atoms with Crippen LogP contribution in [-0.4, -0.2) is 38.9 Å². The monoisotopic (exact) mass is 456 g/mol. The quantitative estimate of drug-likeness (QED) is 0.400. The standard InChI is InChI=1S/C23H25ClN4O4/c1-14-21-22(27-23(24)26-14)28(12-25-21)17-6-2-16(3-7-17)11-30-20(29)9-5-15-4-8-18-19(10-15)32-13-31-18/h4,8,10,12,16-17H,2-3,5-7,9,11,13H2,1H3. The second-order valence-corrected chi connectivity index (χ2v) is 8.79. The van der Waals surface area contributed by atoms with E-state index in [0.29, 0.717) is 31.4 Å². The Hall–Kier alpha value is -2.87. The fourth-order valence-corrected chi connectivity index (χ4v) is 4.71. The summed E-state index contributed by atoms with van der Waals surface area (Å²) in [7, 11) is 0. The van der Waals surface area contributed by atoms with Gasteiger partial charge in [0.05, 0.1) is 18.6 Å². The molecule has 5 rings (SSSR count). The van der Waals surface area contributed by atoms with Gasteiger partial charge in [0.1, 0.15) is 5.52 Å². The Morgan fingerprint density at radius 3 is 2.84 bits per heavy atom. The molecule has 2 aromatic heterocycles. The van der Waals surface area contributed by atoms with Crippen molar-refractivity contribution in [3.63, 3.8) is 0 Å². The predicted octanol–water partition coefficient (Wildman–Crippen LogP) is 4.42. The van der Waals surface area contributed by atoms with Gasteiger partial charge in [0.25, 0.3) is 0 Å². The maximum Gasteiger partial charge on any atom is 0.306 e. The van der Waals surface area contributed by atoms with Gasteiger partial charge in [-0.05, 0) is 74.2 Å². The van der Waals surface area contributed by atoms with Gasteiger partial charge in [-0.15, -0.1) is 0 Å². The summed E-state index contributed by atoms with van der Waals surface area (Å²) >= 11 is 6.05. The number of fused-ring (bicyclic) bond motifs is 2. The maximum atomic E-state index is 12.2. The Balaban J connectivity index is 1.09. The van der Waals surface area contributed by atoms with E-state index in [2.05, 4.69) is 19.5 Å². The number of benzene rings is 1. The van der Waals surface area contributed by atoms with Gasteiger partial charge >= 0.3 is 5.97 Å². The number of carbonyl (C=O) groups is 1. The fraction of sp³-hybridized carbons (Fsp3) is 0.478. The van der Waals surface area contributed by atoms with Crippen LogP contribution >= 0.6 is 11.6 Å². The van der Waals surface area contributed by atoms with Gasteiger partial charge in [0.15, 0.2) is 17.1 Å². The van der Waals surface area contributed by atoms with Crippen molar-refractivity contribution in [1.29, 1.82) is 0 Å². The molecule has 1 saturated carbocycles. The average molecular weight is 457 g/mol. The maximum absolute atomic E-state index is 12.2. The number of halogens is 1. The van der Waals surface area contributed by atoms with Crippen molar-refractivity contribution in [3.8, 4) is 11.5 Å². The van der Waals surface area contributed by atoms with Crippen LogP contribution in [0.2, 0.25) is 5.28 Å². The molecule has 0 bridgehead atoms. The van der Waals surface area contributed by atoms with Gasteiger partial charge in [0.2, 0.25) is 12.1 Å². The normalized spacial score (nSPS) is 19.9. The lowest BCUT2D eigenvalue weighted by atomic mass is 9.86. The van der Waals surface area contributed by atoms with E-state index in [9.17, 15) is 4.79 Å². The van der Waals surface area contributed by atoms with Gasteiger partial charge in [-0.2, -0.15) is 4.98 Å². The number of imidazole rings is 1. The number of aromatic nitrogens is 4. The Morgan fingerprint density at radius 1 is 1.19 bits per heavy atom. The number of ether oxygens (including phenoxy) is 3. The summed E-state index contributed by atoms with van der Waals surface area (Å²) in [4.78, 5) is 25.3. The van der Waals surface area contributed by atoms with E-state index in [1.165, 1.54) is 0 Å². The molecule has 0 radical (unpaired) electrons. The van der Waals surface area contributed by atoms with Crippen molar-refractivity contribution in [2.45, 2.75) is 51.5 Å². The van der Waals surface area contributed by atoms with E-state index >= 15 is 0 Å². The van der Waals surface area contributed by atoms with Crippen molar-refractivity contribution < 1.29 is 19.0 Å². The first-order valence-electron chi connectivity index (χ1n) is 11.0. The lowest BCUT2D eigenvalue weighted by Gasteiger charge is -2.29. The highest BCUT2D eigenvalue weighted by molar-refractivity contribution is 6.28. The fourth-order valence-electron chi connectivity index (χ4n) is 4.51. The number of esters is 1. The number of carbonyl (C=O) groups excluding carboxylic acids is 1. The van der Waals surface area contributed by atoms with Crippen LogP contribution in [0.3, 0.4) is 0 Å². The number of hydrogen-bond donors (Lipinski definition) is 0. The molecule has 1 fully saturated rings. The molecule has 9 heteroatoms. The lowest BCUT2D eigenvalue weighted by Crippen LogP contribution is -2.22. The third kappa shape index (κ3) is 4.37. The minimum Gasteiger partial charge on any atom is -0.465 e. The van der Waals surface area contributed by atoms with Crippen LogP contribution in [0.1, 0.15) is 49.4 Å². The zero-order chi connectivity index (χ0) is 22.1. The first kappa shape index (κ1) is 21.0. The van der Waals surface area contributed by atoms with Crippen LogP contribution in [-0.2, 0) is 16.0 Å². The molecule has 168 valence electrons. The molecular weight excluding hydrogens is 432 g/mol. The van der Waals surface area contributed by atoms with Gasteiger partial charge in [0, 0.05) is 12.5 Å². The minimum absolute atomic E-state index is 0.160. The van der Waals surface area contributed by atoms with E-state index in [-0.39, 0.29) is 18.0 Å². The minimum atomic E-state index is -0.160. The molecule has 0 saturated heterocycles. The summed E-state index contributed by atoms with van der Waals surface area (Å²) in [5, 5.41) is 0.248. The molecule has 1 aliphatic carbocycles. The van der Waals surface area contributed by atoms with E-state index < -0.39 is 0 Å². The second-order valence-electron chi connectivity index (χ2n) is 8.45. The van der Waals surface area contributed by atoms with Gasteiger partial charge in [-0.25, -0.2) is 9.97 Å². The third-order valence-corrected chi connectivity index (χ3v) is 6.48. The van der Waals surface area contributed by atoms with Crippen molar-refractivity contribution in [2.24, 2.45) is 5.92 Å². The summed E-state index contributed by atoms with van der Waals surface area (Å²) in [5.41, 5.74) is 3.42. The Bertz CT molecular complexity index is 1140. The van der Waals surface area contributed by atoms with Crippen LogP contribution in [0.15, 0.2) is 24.5 Å². The van der Waals surface area contributed by atoms with Gasteiger partial charge in [-0.1, -0.05) is 6.07 Å². The molecule has 3 heterocycles. The van der Waals surface area contributed by atoms with Gasteiger partial charge in [-0.3, -0.25) is 4.79 Å². The molecule has 0 amide bonds. The summed E-state index contributed by atoms with van der Waals surface area (Å²) < 4.78 is 18.4. The van der Waals surface area contributed by atoms with Crippen molar-refractivity contribution in [2.75, 3.05) is 13.4 Å². The number of hydrogen-bond acceptors (Lipinski definition) is 7. The molecule has 0 N–H and O–H groups in total. The second kappa shape index (κ2) is 8.94. The third-order valence-electron chi connectivity index (χ3n) is 6.31. The van der Waals surface area contributed by atoms with Crippen LogP contribution < -0.4 is 9.47 Å². The van der Waals surface area contributed by atoms with E-state index in [1.807, 2.05) is 31.5 Å². The number of rotatable bonds is 6. The van der Waals surface area contributed by atoms with E-state index in [1.54, 1.807) is 0 Å². The van der Waals surface area contributed by atoms with Crippen LogP contribution in [0.4, 0.5) is 0 Å². The molecule has 3 aromatic rings. The summed E-state index contributed by atoms with van der Waals surface area (Å²) in [6.45, 7) is 2.62. The molecule has 0 atom stereocenters. The van der Waals surface area contributed by atoms with Gasteiger partial charge < -0.3 is 18.8 Å². The zero-order valence-corrected chi connectivity index (χ0v) is 18.7. The average Bonchev–Trinajstić information content (AvgIpc) is 3.43. The summed E-state index contributed by atoms with van der Waals surface area (Å²) in [6, 6.07) is 6.09. The smallest absolute Gasteiger partial charge is 0.306 e. The first-order valence-corrected chi connectivity index (χ1v) is 11.4. The van der Waals surface area contributed by atoms with E-state index in [0.717, 1.165) is 59.6 Å². The summed E-state index contributed by atoms with van der Waals surface area (Å²) in [6.07, 6.45) is 6.80. The molecule has 32 heavy (non-hydrogen) atoms. The molecule has 1 aromatic carbocycles. The Morgan fingerprint density at radius 2 is 2.00 bits per heavy atom. The topological polar surface area (TPSA) is 88.4 Å². The van der Waals surface area contributed by atoms with E-state index in [4.69, 9.17) is 25.8 Å². The molecule has 8 nitrogen and oxygen atoms in total. The highest BCUT2D eigenvalue weighted by Gasteiger charge is 2.25. The largest absolute Gasteiger partial charge is 0.465 e. The van der Waals surface area contributed by atoms with Crippen molar-refractivity contribution in [1.82, 2.24) is 19.5 Å². The number of nitrogens with zero attached hydrogens (tertiary/aromatic N) is 4. The Labute approximate surface area is 190 Å². The lowest BCUT2D eigenvalue weighted by molar-refractivity contribution is -0.145. The molecule has 2 aliphatic rings. The molecular formula is C23H25ClN4O4. The summed E-state index contributed by atoms with van der Waals surface area (Å²) in [5.74, 6) is 1.71. The first-order chi connectivity index (χ1) is 15.6. The van der Waals surface area contributed by atoms with Crippen molar-refractivity contribution >= 4 is 28.7 Å². The molecule has 1 aliphatic heterocycles. The molecule has 0 unspecified atom stereocenters. The number of aryl methyl sites for hydroxylation is 2. The van der Waals surface area contributed by atoms with Crippen molar-refractivity contribution in [3.05, 3.63) is 41.1 Å². The SMILES string of the molecule is Cc1nc(Cl)nc2c1ncn2C1CCC(COC(=O)CCc2ccc3c(c2)OCO3)CC1. The van der Waals surface area contributed by atoms with Crippen LogP contribution in [0.5, 0.6) is 11.5 Å².